The first-order valence-corrected chi connectivity index (χ1v) is 10.9. The van der Waals surface area contributed by atoms with E-state index in [1.54, 1.807) is 36.4 Å². The van der Waals surface area contributed by atoms with Gasteiger partial charge >= 0.3 is 29.3 Å². The molecule has 0 spiro atoms. The Labute approximate surface area is 204 Å². The zero-order valence-corrected chi connectivity index (χ0v) is 19.6. The van der Waals surface area contributed by atoms with Crippen LogP contribution in [0.4, 0.5) is 9.59 Å². The molecule has 0 aliphatic heterocycles. The first kappa shape index (κ1) is 27.2. The highest BCUT2D eigenvalue weighted by atomic mass is 32.2. The molecule has 0 bridgehead atoms. The van der Waals surface area contributed by atoms with Crippen molar-refractivity contribution in [3.63, 3.8) is 0 Å². The Kier molecular flexibility index (Phi) is 10.1. The van der Waals surface area contributed by atoms with Gasteiger partial charge in [-0.15, -0.1) is 0 Å². The summed E-state index contributed by atoms with van der Waals surface area (Å²) in [7, 11) is 0. The molecule has 0 saturated carbocycles. The van der Waals surface area contributed by atoms with Crippen molar-refractivity contribution in [1.82, 2.24) is 5.32 Å². The third-order valence-corrected chi connectivity index (χ3v) is 5.36. The Morgan fingerprint density at radius 3 is 1.71 bits per heavy atom. The van der Waals surface area contributed by atoms with Crippen LogP contribution in [-0.2, 0) is 23.7 Å². The lowest BCUT2D eigenvalue weighted by Crippen LogP contribution is -2.53. The van der Waals surface area contributed by atoms with E-state index in [1.165, 1.54) is 38.1 Å². The number of hydrogen-bond donors (Lipinski definition) is 2. The first-order chi connectivity index (χ1) is 16.6. The standard InChI is InChI=1S/C23H23NO10S/c1-23(2,35-22(30)34-14-32-20(28)16-11-7-4-8-12-16)17(18(25)26)24-21(29)33-13-31-19(27)15-9-5-3-6-10-15/h3-12,17H,13-14H2,1-2H3,(H,24,29)(H,25,26)/t17-/m0/s1. The molecule has 2 rings (SSSR count). The quantitative estimate of drug-likeness (QED) is 0.360. The van der Waals surface area contributed by atoms with Crippen LogP contribution in [0.1, 0.15) is 34.6 Å². The number of rotatable bonds is 10. The second-order valence-corrected chi connectivity index (χ2v) is 8.87. The summed E-state index contributed by atoms with van der Waals surface area (Å²) in [4.78, 5) is 59.5. The fraction of sp³-hybridized carbons (Fsp3) is 0.261. The zero-order chi connectivity index (χ0) is 25.8. The average molecular weight is 506 g/mol. The molecule has 0 aliphatic rings. The van der Waals surface area contributed by atoms with Crippen molar-refractivity contribution in [3.8, 4) is 0 Å². The van der Waals surface area contributed by atoms with E-state index >= 15 is 0 Å². The van der Waals surface area contributed by atoms with Crippen molar-refractivity contribution in [1.29, 1.82) is 0 Å². The number of thioether (sulfide) groups is 1. The number of hydrogen-bond acceptors (Lipinski definition) is 10. The topological polar surface area (TPSA) is 155 Å². The Morgan fingerprint density at radius 2 is 1.26 bits per heavy atom. The molecule has 0 saturated heterocycles. The second-order valence-electron chi connectivity index (χ2n) is 7.28. The smallest absolute Gasteiger partial charge is 0.410 e. The lowest BCUT2D eigenvalue weighted by atomic mass is 10.0. The summed E-state index contributed by atoms with van der Waals surface area (Å²) in [6, 6.07) is 14.4. The number of carboxylic acid groups (broad SMARTS) is 1. The van der Waals surface area contributed by atoms with Gasteiger partial charge in [-0.1, -0.05) is 36.4 Å². The monoisotopic (exact) mass is 505 g/mol. The predicted octanol–water partition coefficient (Wildman–Crippen LogP) is 3.44. The van der Waals surface area contributed by atoms with Crippen molar-refractivity contribution in [2.75, 3.05) is 13.6 Å². The first-order valence-electron chi connectivity index (χ1n) is 10.1. The molecule has 1 amide bonds. The summed E-state index contributed by atoms with van der Waals surface area (Å²) < 4.78 is 17.8. The van der Waals surface area contributed by atoms with Gasteiger partial charge in [0, 0.05) is 0 Å². The van der Waals surface area contributed by atoms with E-state index < -0.39 is 53.7 Å². The lowest BCUT2D eigenvalue weighted by Gasteiger charge is -2.29. The molecule has 2 aromatic carbocycles. The van der Waals surface area contributed by atoms with Crippen LogP contribution >= 0.6 is 11.8 Å². The molecule has 12 heteroatoms. The fourth-order valence-corrected chi connectivity index (χ4v) is 3.39. The van der Waals surface area contributed by atoms with Crippen molar-refractivity contribution in [3.05, 3.63) is 71.8 Å². The van der Waals surface area contributed by atoms with Crippen LogP contribution in [0.3, 0.4) is 0 Å². The molecule has 0 heterocycles. The summed E-state index contributed by atoms with van der Waals surface area (Å²) in [5, 5.41) is 10.7. The summed E-state index contributed by atoms with van der Waals surface area (Å²) in [6.45, 7) is 1.32. The molecule has 0 radical (unpaired) electrons. The Hall–Kier alpha value is -4.06. The molecule has 2 N–H and O–H groups in total. The molecule has 0 aliphatic carbocycles. The van der Waals surface area contributed by atoms with Gasteiger partial charge in [0.05, 0.1) is 15.9 Å². The number of carbonyl (C=O) groups is 5. The van der Waals surface area contributed by atoms with E-state index in [1.807, 2.05) is 0 Å². The van der Waals surface area contributed by atoms with Crippen LogP contribution in [0.2, 0.25) is 0 Å². The van der Waals surface area contributed by atoms with Crippen LogP contribution < -0.4 is 5.32 Å². The Bertz CT molecular complexity index is 1040. The van der Waals surface area contributed by atoms with Gasteiger partial charge < -0.3 is 29.4 Å². The molecular formula is C23H23NO10S. The highest BCUT2D eigenvalue weighted by Gasteiger charge is 2.40. The maximum Gasteiger partial charge on any atom is 0.410 e. The van der Waals surface area contributed by atoms with E-state index in [9.17, 15) is 29.1 Å². The van der Waals surface area contributed by atoms with Crippen LogP contribution in [0.25, 0.3) is 0 Å². The number of carboxylic acids is 1. The summed E-state index contributed by atoms with van der Waals surface area (Å²) >= 11 is 0.465. The minimum Gasteiger partial charge on any atom is -0.480 e. The van der Waals surface area contributed by atoms with Gasteiger partial charge in [0.25, 0.3) is 0 Å². The number of aliphatic carboxylic acids is 1. The van der Waals surface area contributed by atoms with Crippen molar-refractivity contribution < 1.29 is 48.0 Å². The minimum atomic E-state index is -1.59. The maximum atomic E-state index is 12.1. The number of benzene rings is 2. The third kappa shape index (κ3) is 9.01. The van der Waals surface area contributed by atoms with Crippen molar-refractivity contribution in [2.45, 2.75) is 24.6 Å². The van der Waals surface area contributed by atoms with E-state index in [0.717, 1.165) is 0 Å². The second kappa shape index (κ2) is 13.0. The van der Waals surface area contributed by atoms with E-state index in [2.05, 4.69) is 5.32 Å². The van der Waals surface area contributed by atoms with Crippen LogP contribution in [0.5, 0.6) is 0 Å². The largest absolute Gasteiger partial charge is 0.480 e. The van der Waals surface area contributed by atoms with Gasteiger partial charge in [-0.3, -0.25) is 0 Å². The maximum absolute atomic E-state index is 12.1. The summed E-state index contributed by atoms with van der Waals surface area (Å²) in [6.07, 6.45) is -1.18. The van der Waals surface area contributed by atoms with Gasteiger partial charge in [0.15, 0.2) is 0 Å². The zero-order valence-electron chi connectivity index (χ0n) is 18.8. The van der Waals surface area contributed by atoms with Crippen LogP contribution in [0.15, 0.2) is 60.7 Å². The number of ether oxygens (including phenoxy) is 4. The molecule has 1 atom stereocenters. The highest BCUT2D eigenvalue weighted by Crippen LogP contribution is 2.30. The van der Waals surface area contributed by atoms with Crippen molar-refractivity contribution in [2.24, 2.45) is 0 Å². The minimum absolute atomic E-state index is 0.241. The lowest BCUT2D eigenvalue weighted by molar-refractivity contribution is -0.140. The average Bonchev–Trinajstić information content (AvgIpc) is 2.82. The molecule has 0 aromatic heterocycles. The van der Waals surface area contributed by atoms with Crippen molar-refractivity contribution >= 4 is 41.1 Å². The van der Waals surface area contributed by atoms with Crippen LogP contribution in [-0.4, -0.2) is 58.8 Å². The number of alkyl carbamates (subject to hydrolysis) is 1. The molecule has 2 aromatic rings. The number of esters is 2. The molecule has 35 heavy (non-hydrogen) atoms. The van der Waals surface area contributed by atoms with E-state index in [0.29, 0.717) is 11.8 Å². The summed E-state index contributed by atoms with van der Waals surface area (Å²) in [5.74, 6) is -2.90. The number of amides is 1. The van der Waals surface area contributed by atoms with E-state index in [-0.39, 0.29) is 11.1 Å². The Morgan fingerprint density at radius 1 is 0.800 bits per heavy atom. The molecular weight excluding hydrogens is 482 g/mol. The van der Waals surface area contributed by atoms with Gasteiger partial charge in [-0.05, 0) is 49.9 Å². The normalized spacial score (nSPS) is 11.5. The fourth-order valence-electron chi connectivity index (χ4n) is 2.58. The molecule has 186 valence electrons. The predicted molar refractivity (Wildman–Crippen MR) is 123 cm³/mol. The van der Waals surface area contributed by atoms with E-state index in [4.69, 9.17) is 18.9 Å². The highest BCUT2D eigenvalue weighted by molar-refractivity contribution is 8.14. The number of carbonyl (C=O) groups excluding carboxylic acids is 4. The molecule has 0 unspecified atom stereocenters. The van der Waals surface area contributed by atoms with Crippen LogP contribution in [0, 0.1) is 0 Å². The van der Waals surface area contributed by atoms with Gasteiger partial charge in [-0.25, -0.2) is 24.0 Å². The summed E-state index contributed by atoms with van der Waals surface area (Å²) in [5.41, 5.74) is 0.505. The molecule has 0 fully saturated rings. The third-order valence-electron chi connectivity index (χ3n) is 4.32. The Balaban J connectivity index is 1.80. The van der Waals surface area contributed by atoms with Gasteiger partial charge in [0.2, 0.25) is 13.6 Å². The SMILES string of the molecule is CC(C)(SC(=O)OCOC(=O)c1ccccc1)[C@@H](NC(=O)OCOC(=O)c1ccccc1)C(=O)O. The van der Waals surface area contributed by atoms with Gasteiger partial charge in [0.1, 0.15) is 6.04 Å². The van der Waals surface area contributed by atoms with Gasteiger partial charge in [-0.2, -0.15) is 0 Å². The molecule has 11 nitrogen and oxygen atoms in total. The number of nitrogens with one attached hydrogen (secondary N) is 1.